The quantitative estimate of drug-likeness (QED) is 0.686. The molecule has 1 aromatic rings. The van der Waals surface area contributed by atoms with Gasteiger partial charge in [-0.1, -0.05) is 59.6 Å². The highest BCUT2D eigenvalue weighted by Gasteiger charge is 2.21. The van der Waals surface area contributed by atoms with Crippen LogP contribution in [0.3, 0.4) is 0 Å². The van der Waals surface area contributed by atoms with Crippen molar-refractivity contribution < 1.29 is 8.42 Å². The van der Waals surface area contributed by atoms with Crippen LogP contribution in [0.15, 0.2) is 30.3 Å². The second kappa shape index (κ2) is 7.92. The van der Waals surface area contributed by atoms with Crippen molar-refractivity contribution in [3.8, 4) is 0 Å². The molecular formula is C13H20BrNO2S. The van der Waals surface area contributed by atoms with Crippen LogP contribution in [0, 0.1) is 0 Å². The third-order valence-corrected chi connectivity index (χ3v) is 4.88. The van der Waals surface area contributed by atoms with Gasteiger partial charge in [-0.25, -0.2) is 12.7 Å². The molecule has 0 amide bonds. The highest BCUT2D eigenvalue weighted by molar-refractivity contribution is 9.09. The minimum Gasteiger partial charge on any atom is -0.212 e. The van der Waals surface area contributed by atoms with Crippen molar-refractivity contribution >= 4 is 26.0 Å². The molecule has 1 rings (SSSR count). The Kier molecular flexibility index (Phi) is 6.89. The Morgan fingerprint density at radius 2 is 1.83 bits per heavy atom. The van der Waals surface area contributed by atoms with Crippen LogP contribution in [0.2, 0.25) is 0 Å². The molecule has 0 bridgehead atoms. The first-order valence-corrected chi connectivity index (χ1v) is 8.91. The van der Waals surface area contributed by atoms with Crippen LogP contribution < -0.4 is 0 Å². The molecule has 0 aliphatic rings. The summed E-state index contributed by atoms with van der Waals surface area (Å²) in [5, 5.41) is 0.671. The number of hydrogen-bond donors (Lipinski definition) is 0. The van der Waals surface area contributed by atoms with Crippen LogP contribution >= 0.6 is 15.9 Å². The number of nitrogens with zero attached hydrogens (tertiary/aromatic N) is 1. The van der Waals surface area contributed by atoms with E-state index in [1.54, 1.807) is 4.31 Å². The largest absolute Gasteiger partial charge is 0.218 e. The minimum atomic E-state index is -3.21. The Bertz CT molecular complexity index is 434. The van der Waals surface area contributed by atoms with Gasteiger partial charge in [-0.3, -0.25) is 0 Å². The number of benzene rings is 1. The first-order chi connectivity index (χ1) is 8.60. The summed E-state index contributed by atoms with van der Waals surface area (Å²) in [7, 11) is -3.21. The minimum absolute atomic E-state index is 0.0879. The first-order valence-electron chi connectivity index (χ1n) is 6.18. The van der Waals surface area contributed by atoms with Crippen molar-refractivity contribution in [3.63, 3.8) is 0 Å². The molecule has 0 heterocycles. The van der Waals surface area contributed by atoms with Gasteiger partial charge in [-0.2, -0.15) is 0 Å². The van der Waals surface area contributed by atoms with Crippen molar-refractivity contribution in [2.45, 2.75) is 25.5 Å². The average molecular weight is 334 g/mol. The number of hydrogen-bond acceptors (Lipinski definition) is 2. The lowest BCUT2D eigenvalue weighted by molar-refractivity contribution is 0.421. The SMILES string of the molecule is CCCCN(CCBr)S(=O)(=O)Cc1ccccc1. The number of rotatable bonds is 8. The van der Waals surface area contributed by atoms with E-state index in [1.165, 1.54) is 0 Å². The summed E-state index contributed by atoms with van der Waals surface area (Å²) in [6.45, 7) is 3.21. The van der Waals surface area contributed by atoms with Gasteiger partial charge in [0, 0.05) is 18.4 Å². The molecule has 3 nitrogen and oxygen atoms in total. The second-order valence-electron chi connectivity index (χ2n) is 4.18. The first kappa shape index (κ1) is 15.7. The van der Waals surface area contributed by atoms with E-state index in [0.29, 0.717) is 18.4 Å². The molecule has 5 heteroatoms. The Morgan fingerprint density at radius 1 is 1.17 bits per heavy atom. The summed E-state index contributed by atoms with van der Waals surface area (Å²) in [5.74, 6) is 0.0879. The molecule has 0 saturated carbocycles. The average Bonchev–Trinajstić information content (AvgIpc) is 2.35. The fraction of sp³-hybridized carbons (Fsp3) is 0.538. The molecule has 0 aliphatic carbocycles. The van der Waals surface area contributed by atoms with Crippen LogP contribution in [0.25, 0.3) is 0 Å². The van der Waals surface area contributed by atoms with Crippen molar-refractivity contribution in [1.82, 2.24) is 4.31 Å². The fourth-order valence-electron chi connectivity index (χ4n) is 1.69. The lowest BCUT2D eigenvalue weighted by Gasteiger charge is -2.21. The standard InChI is InChI=1S/C13H20BrNO2S/c1-2-3-10-15(11-9-14)18(16,17)12-13-7-5-4-6-8-13/h4-8H,2-3,9-12H2,1H3. The van der Waals surface area contributed by atoms with Crippen molar-refractivity contribution in [1.29, 1.82) is 0 Å². The van der Waals surface area contributed by atoms with E-state index < -0.39 is 10.0 Å². The van der Waals surface area contributed by atoms with E-state index in [2.05, 4.69) is 22.9 Å². The molecule has 0 aromatic heterocycles. The van der Waals surface area contributed by atoms with Crippen LogP contribution in [-0.2, 0) is 15.8 Å². The molecule has 102 valence electrons. The lowest BCUT2D eigenvalue weighted by atomic mass is 10.2. The van der Waals surface area contributed by atoms with Crippen LogP contribution in [0.5, 0.6) is 0 Å². The van der Waals surface area contributed by atoms with E-state index in [1.807, 2.05) is 30.3 Å². The maximum atomic E-state index is 12.3. The topological polar surface area (TPSA) is 37.4 Å². The van der Waals surface area contributed by atoms with Gasteiger partial charge in [0.25, 0.3) is 0 Å². The molecule has 0 saturated heterocycles. The Balaban J connectivity index is 2.75. The molecule has 18 heavy (non-hydrogen) atoms. The lowest BCUT2D eigenvalue weighted by Crippen LogP contribution is -2.34. The third kappa shape index (κ3) is 5.08. The molecule has 1 aromatic carbocycles. The zero-order valence-electron chi connectivity index (χ0n) is 10.7. The summed E-state index contributed by atoms with van der Waals surface area (Å²) < 4.78 is 26.2. The monoisotopic (exact) mass is 333 g/mol. The van der Waals surface area contributed by atoms with Crippen molar-refractivity contribution in [2.75, 3.05) is 18.4 Å². The predicted octanol–water partition coefficient (Wildman–Crippen LogP) is 3.01. The van der Waals surface area contributed by atoms with E-state index in [4.69, 9.17) is 0 Å². The van der Waals surface area contributed by atoms with Crippen LogP contribution in [0.1, 0.15) is 25.3 Å². The molecule has 0 atom stereocenters. The smallest absolute Gasteiger partial charge is 0.212 e. The predicted molar refractivity (Wildman–Crippen MR) is 79.3 cm³/mol. The van der Waals surface area contributed by atoms with Gasteiger partial charge in [0.15, 0.2) is 0 Å². The summed E-state index contributed by atoms with van der Waals surface area (Å²) in [6.07, 6.45) is 1.90. The summed E-state index contributed by atoms with van der Waals surface area (Å²) in [5.41, 5.74) is 0.841. The van der Waals surface area contributed by atoms with Gasteiger partial charge in [-0.05, 0) is 12.0 Å². The Hall–Kier alpha value is -0.390. The molecule has 0 N–H and O–H groups in total. The van der Waals surface area contributed by atoms with Crippen molar-refractivity contribution in [3.05, 3.63) is 35.9 Å². The number of unbranched alkanes of at least 4 members (excludes halogenated alkanes) is 1. The summed E-state index contributed by atoms with van der Waals surface area (Å²) in [4.78, 5) is 0. The Labute approximate surface area is 118 Å². The normalized spacial score (nSPS) is 11.9. The fourth-order valence-corrected chi connectivity index (χ4v) is 3.93. The van der Waals surface area contributed by atoms with Gasteiger partial charge >= 0.3 is 0 Å². The number of halogens is 1. The van der Waals surface area contributed by atoms with E-state index in [-0.39, 0.29) is 5.75 Å². The zero-order chi connectivity index (χ0) is 13.4. The maximum absolute atomic E-state index is 12.3. The van der Waals surface area contributed by atoms with E-state index in [9.17, 15) is 8.42 Å². The summed E-state index contributed by atoms with van der Waals surface area (Å²) in [6, 6.07) is 9.33. The van der Waals surface area contributed by atoms with E-state index in [0.717, 1.165) is 18.4 Å². The molecule has 0 fully saturated rings. The molecule has 0 unspecified atom stereocenters. The number of sulfonamides is 1. The second-order valence-corrected chi connectivity index (χ2v) is 6.95. The summed E-state index contributed by atoms with van der Waals surface area (Å²) >= 11 is 3.31. The van der Waals surface area contributed by atoms with Gasteiger partial charge in [0.1, 0.15) is 0 Å². The molecule has 0 radical (unpaired) electrons. The number of alkyl halides is 1. The molecular weight excluding hydrogens is 314 g/mol. The van der Waals surface area contributed by atoms with Crippen LogP contribution in [0.4, 0.5) is 0 Å². The molecule has 0 aliphatic heterocycles. The zero-order valence-corrected chi connectivity index (χ0v) is 13.1. The Morgan fingerprint density at radius 3 is 2.39 bits per heavy atom. The molecule has 0 spiro atoms. The van der Waals surface area contributed by atoms with Gasteiger partial charge in [0.05, 0.1) is 5.75 Å². The maximum Gasteiger partial charge on any atom is 0.218 e. The third-order valence-electron chi connectivity index (χ3n) is 2.68. The highest BCUT2D eigenvalue weighted by atomic mass is 79.9. The van der Waals surface area contributed by atoms with Crippen molar-refractivity contribution in [2.24, 2.45) is 0 Å². The highest BCUT2D eigenvalue weighted by Crippen LogP contribution is 2.12. The van der Waals surface area contributed by atoms with E-state index >= 15 is 0 Å². The van der Waals surface area contributed by atoms with Gasteiger partial charge in [0.2, 0.25) is 10.0 Å². The van der Waals surface area contributed by atoms with Gasteiger partial charge < -0.3 is 0 Å². The van der Waals surface area contributed by atoms with Gasteiger partial charge in [-0.15, -0.1) is 0 Å². The van der Waals surface area contributed by atoms with Crippen LogP contribution in [-0.4, -0.2) is 31.1 Å².